The standard InChI is InChI=1S/C18H24N2O3/c1-11-12(2)17(22)14(7-8-18(3,4)23)13(16(11)21)5-6-15-19-9-10-20-15/h5-6,9-10,21-23H,7-8H2,1-4H3,(H,19,20). The molecule has 0 aliphatic rings. The van der Waals surface area contributed by atoms with Crippen LogP contribution in [0.3, 0.4) is 0 Å². The predicted octanol–water partition coefficient (Wildman–Crippen LogP) is 3.31. The highest BCUT2D eigenvalue weighted by atomic mass is 16.3. The highest BCUT2D eigenvalue weighted by Gasteiger charge is 2.20. The molecule has 0 aliphatic carbocycles. The summed E-state index contributed by atoms with van der Waals surface area (Å²) in [7, 11) is 0. The molecule has 0 fully saturated rings. The first-order valence-corrected chi connectivity index (χ1v) is 7.64. The third-order valence-electron chi connectivity index (χ3n) is 4.05. The van der Waals surface area contributed by atoms with Crippen molar-refractivity contribution in [1.82, 2.24) is 9.97 Å². The Morgan fingerprint density at radius 1 is 1.13 bits per heavy atom. The number of phenolic OH excluding ortho intramolecular Hbond substituents is 2. The summed E-state index contributed by atoms with van der Waals surface area (Å²) in [6.07, 6.45) is 7.78. The zero-order valence-corrected chi connectivity index (χ0v) is 14.0. The second-order valence-corrected chi connectivity index (χ2v) is 6.46. The minimum absolute atomic E-state index is 0.147. The van der Waals surface area contributed by atoms with Crippen LogP contribution in [-0.4, -0.2) is 30.9 Å². The van der Waals surface area contributed by atoms with E-state index in [-0.39, 0.29) is 11.5 Å². The minimum Gasteiger partial charge on any atom is -0.507 e. The Hall–Kier alpha value is -2.27. The minimum atomic E-state index is -0.844. The molecular weight excluding hydrogens is 292 g/mol. The van der Waals surface area contributed by atoms with Crippen LogP contribution in [0.2, 0.25) is 0 Å². The molecule has 0 unspecified atom stereocenters. The van der Waals surface area contributed by atoms with Crippen LogP contribution in [0.5, 0.6) is 11.5 Å². The molecule has 0 amide bonds. The van der Waals surface area contributed by atoms with Crippen LogP contribution in [0, 0.1) is 13.8 Å². The van der Waals surface area contributed by atoms with E-state index in [0.29, 0.717) is 40.9 Å². The lowest BCUT2D eigenvalue weighted by atomic mass is 9.90. The maximum atomic E-state index is 10.5. The third-order valence-corrected chi connectivity index (χ3v) is 4.05. The van der Waals surface area contributed by atoms with Gasteiger partial charge in [0.2, 0.25) is 0 Å². The van der Waals surface area contributed by atoms with Crippen molar-refractivity contribution in [3.63, 3.8) is 0 Å². The summed E-state index contributed by atoms with van der Waals surface area (Å²) in [6.45, 7) is 7.00. The Morgan fingerprint density at radius 3 is 2.35 bits per heavy atom. The number of hydrogen-bond acceptors (Lipinski definition) is 4. The van der Waals surface area contributed by atoms with Gasteiger partial charge in [-0.05, 0) is 63.8 Å². The highest BCUT2D eigenvalue weighted by Crippen LogP contribution is 2.39. The number of nitrogens with zero attached hydrogens (tertiary/aromatic N) is 1. The average molecular weight is 316 g/mol. The lowest BCUT2D eigenvalue weighted by molar-refractivity contribution is 0.0712. The highest BCUT2D eigenvalue weighted by molar-refractivity contribution is 5.76. The molecule has 0 radical (unpaired) electrons. The fraction of sp³-hybridized carbons (Fsp3) is 0.389. The molecule has 2 aromatic rings. The molecule has 2 rings (SSSR count). The smallest absolute Gasteiger partial charge is 0.129 e. The van der Waals surface area contributed by atoms with Crippen molar-refractivity contribution in [3.8, 4) is 11.5 Å². The maximum absolute atomic E-state index is 10.5. The Kier molecular flexibility index (Phi) is 4.80. The lowest BCUT2D eigenvalue weighted by Crippen LogP contribution is -2.19. The lowest BCUT2D eigenvalue weighted by Gasteiger charge is -2.20. The molecule has 0 spiro atoms. The van der Waals surface area contributed by atoms with E-state index in [1.807, 2.05) is 0 Å². The first kappa shape index (κ1) is 17.1. The zero-order chi connectivity index (χ0) is 17.2. The molecule has 0 aliphatic heterocycles. The van der Waals surface area contributed by atoms with Crippen LogP contribution in [0.1, 0.15) is 48.3 Å². The van der Waals surface area contributed by atoms with Gasteiger partial charge in [0.1, 0.15) is 17.3 Å². The summed E-state index contributed by atoms with van der Waals surface area (Å²) in [5.74, 6) is 0.980. The number of rotatable bonds is 5. The Bertz CT molecular complexity index is 711. The number of aliphatic hydroxyl groups is 1. The molecular formula is C18H24N2O3. The number of benzene rings is 1. The monoisotopic (exact) mass is 316 g/mol. The van der Waals surface area contributed by atoms with Crippen LogP contribution in [-0.2, 0) is 6.42 Å². The first-order chi connectivity index (χ1) is 10.7. The van der Waals surface area contributed by atoms with Gasteiger partial charge in [-0.2, -0.15) is 0 Å². The van der Waals surface area contributed by atoms with Crippen molar-refractivity contribution >= 4 is 12.2 Å². The number of aromatic amines is 1. The first-order valence-electron chi connectivity index (χ1n) is 7.64. The van der Waals surface area contributed by atoms with Crippen LogP contribution < -0.4 is 0 Å². The van der Waals surface area contributed by atoms with Crippen molar-refractivity contribution in [2.24, 2.45) is 0 Å². The Labute approximate surface area is 136 Å². The Morgan fingerprint density at radius 2 is 1.78 bits per heavy atom. The molecule has 124 valence electrons. The van der Waals surface area contributed by atoms with Gasteiger partial charge in [-0.25, -0.2) is 4.98 Å². The molecule has 23 heavy (non-hydrogen) atoms. The van der Waals surface area contributed by atoms with Crippen molar-refractivity contribution in [2.45, 2.75) is 46.1 Å². The van der Waals surface area contributed by atoms with Crippen LogP contribution in [0.4, 0.5) is 0 Å². The van der Waals surface area contributed by atoms with Gasteiger partial charge in [0.05, 0.1) is 5.60 Å². The largest absolute Gasteiger partial charge is 0.507 e. The molecule has 1 aromatic heterocycles. The molecule has 0 saturated carbocycles. The Balaban J connectivity index is 2.49. The van der Waals surface area contributed by atoms with Gasteiger partial charge in [-0.15, -0.1) is 0 Å². The predicted molar refractivity (Wildman–Crippen MR) is 91.4 cm³/mol. The van der Waals surface area contributed by atoms with E-state index < -0.39 is 5.60 Å². The summed E-state index contributed by atoms with van der Waals surface area (Å²) < 4.78 is 0. The zero-order valence-electron chi connectivity index (χ0n) is 14.0. The number of aromatic nitrogens is 2. The molecule has 5 heteroatoms. The van der Waals surface area contributed by atoms with Gasteiger partial charge in [-0.1, -0.05) is 0 Å². The summed E-state index contributed by atoms with van der Waals surface area (Å²) >= 11 is 0. The number of imidazole rings is 1. The molecule has 0 saturated heterocycles. The van der Waals surface area contributed by atoms with Gasteiger partial charge >= 0.3 is 0 Å². The van der Waals surface area contributed by atoms with Crippen molar-refractivity contribution in [2.75, 3.05) is 0 Å². The number of H-pyrrole nitrogens is 1. The fourth-order valence-corrected chi connectivity index (χ4v) is 2.45. The van der Waals surface area contributed by atoms with Gasteiger partial charge in [0, 0.05) is 23.5 Å². The summed E-state index contributed by atoms with van der Waals surface area (Å²) in [5, 5.41) is 30.9. The van der Waals surface area contributed by atoms with E-state index in [1.54, 1.807) is 52.2 Å². The van der Waals surface area contributed by atoms with Crippen LogP contribution in [0.25, 0.3) is 12.2 Å². The molecule has 1 heterocycles. The molecule has 0 atom stereocenters. The van der Waals surface area contributed by atoms with Crippen molar-refractivity contribution in [1.29, 1.82) is 0 Å². The number of hydrogen-bond donors (Lipinski definition) is 4. The van der Waals surface area contributed by atoms with Gasteiger partial charge in [0.15, 0.2) is 0 Å². The molecule has 0 bridgehead atoms. The topological polar surface area (TPSA) is 89.4 Å². The van der Waals surface area contributed by atoms with Gasteiger partial charge in [-0.3, -0.25) is 0 Å². The third kappa shape index (κ3) is 3.93. The SMILES string of the molecule is Cc1c(C)c(O)c(CCC(C)(C)O)c(C=Cc2ncc[nH]2)c1O. The van der Waals surface area contributed by atoms with E-state index in [1.165, 1.54) is 0 Å². The average Bonchev–Trinajstić information content (AvgIpc) is 2.98. The van der Waals surface area contributed by atoms with E-state index in [0.717, 1.165) is 0 Å². The number of phenols is 2. The molecule has 4 N–H and O–H groups in total. The van der Waals surface area contributed by atoms with E-state index in [9.17, 15) is 15.3 Å². The quantitative estimate of drug-likeness (QED) is 0.637. The normalized spacial score (nSPS) is 12.2. The van der Waals surface area contributed by atoms with Gasteiger partial charge < -0.3 is 20.3 Å². The van der Waals surface area contributed by atoms with Crippen LogP contribution in [0.15, 0.2) is 12.4 Å². The molecule has 1 aromatic carbocycles. The number of aromatic hydroxyl groups is 2. The van der Waals surface area contributed by atoms with E-state index in [4.69, 9.17) is 0 Å². The summed E-state index contributed by atoms with van der Waals surface area (Å²) in [4.78, 5) is 7.07. The second kappa shape index (κ2) is 6.46. The summed E-state index contributed by atoms with van der Waals surface area (Å²) in [5.41, 5.74) is 1.65. The fourth-order valence-electron chi connectivity index (χ4n) is 2.45. The van der Waals surface area contributed by atoms with Crippen molar-refractivity contribution in [3.05, 3.63) is 40.5 Å². The molecule has 5 nitrogen and oxygen atoms in total. The van der Waals surface area contributed by atoms with E-state index in [2.05, 4.69) is 9.97 Å². The van der Waals surface area contributed by atoms with Gasteiger partial charge in [0.25, 0.3) is 0 Å². The maximum Gasteiger partial charge on any atom is 0.129 e. The van der Waals surface area contributed by atoms with Crippen LogP contribution >= 0.6 is 0 Å². The second-order valence-electron chi connectivity index (χ2n) is 6.46. The van der Waals surface area contributed by atoms with E-state index >= 15 is 0 Å². The number of nitrogens with one attached hydrogen (secondary N) is 1. The summed E-state index contributed by atoms with van der Waals surface area (Å²) in [6, 6.07) is 0. The van der Waals surface area contributed by atoms with Crippen molar-refractivity contribution < 1.29 is 15.3 Å².